The van der Waals surface area contributed by atoms with Gasteiger partial charge in [0.05, 0.1) is 11.7 Å². The van der Waals surface area contributed by atoms with Crippen molar-refractivity contribution >= 4 is 40.5 Å². The third-order valence-electron chi connectivity index (χ3n) is 2.57. The summed E-state index contributed by atoms with van der Waals surface area (Å²) in [5, 5.41) is 8.42. The minimum Gasteiger partial charge on any atom is -0.480 e. The maximum Gasteiger partial charge on any atom is 0.367 e. The Kier molecular flexibility index (Phi) is 5.87. The molecule has 20 heavy (non-hydrogen) atoms. The number of hydrogen-bond acceptors (Lipinski definition) is 5. The lowest BCUT2D eigenvalue weighted by molar-refractivity contribution is -0.143. The van der Waals surface area contributed by atoms with Gasteiger partial charge >= 0.3 is 18.0 Å². The Labute approximate surface area is 120 Å². The van der Waals surface area contributed by atoms with Crippen LogP contribution in [0, 0.1) is 5.92 Å². The number of carboxylic acids is 1. The van der Waals surface area contributed by atoms with Crippen LogP contribution in [0.2, 0.25) is 0 Å². The summed E-state index contributed by atoms with van der Waals surface area (Å²) < 4.78 is 4.92. The van der Waals surface area contributed by atoms with Crippen molar-refractivity contribution in [2.75, 3.05) is 6.61 Å². The van der Waals surface area contributed by atoms with Crippen LogP contribution < -0.4 is 0 Å². The Morgan fingerprint density at radius 3 is 2.55 bits per heavy atom. The van der Waals surface area contributed by atoms with Crippen molar-refractivity contribution < 1.29 is 24.2 Å². The third-order valence-corrected chi connectivity index (χ3v) is 3.96. The fourth-order valence-corrected chi connectivity index (χ4v) is 2.72. The number of amides is 2. The highest BCUT2D eigenvalue weighted by Crippen LogP contribution is 2.26. The van der Waals surface area contributed by atoms with Gasteiger partial charge in [-0.1, -0.05) is 18.7 Å². The lowest BCUT2D eigenvalue weighted by Crippen LogP contribution is -2.35. The van der Waals surface area contributed by atoms with E-state index >= 15 is 0 Å². The minimum absolute atomic E-state index is 0.134. The summed E-state index contributed by atoms with van der Waals surface area (Å²) in [6.07, 6.45) is 0.346. The molecule has 8 heteroatoms. The molecule has 0 saturated heterocycles. The molecule has 0 spiro atoms. The molecule has 0 fully saturated rings. The van der Waals surface area contributed by atoms with Crippen LogP contribution in [0.25, 0.3) is 0 Å². The molecule has 7 nitrogen and oxygen atoms in total. The number of rotatable bonds is 5. The number of aliphatic carboxylic acids is 1. The molecule has 1 heterocycles. The van der Waals surface area contributed by atoms with Crippen LogP contribution >= 0.6 is 11.8 Å². The maximum atomic E-state index is 11.9. The lowest BCUT2D eigenvalue weighted by atomic mass is 10.1. The number of nitrogens with zero attached hydrogens (tertiary/aromatic N) is 2. The normalized spacial score (nSPS) is 19.9. The van der Waals surface area contributed by atoms with Crippen LogP contribution in [0.3, 0.4) is 0 Å². The van der Waals surface area contributed by atoms with Crippen molar-refractivity contribution in [3.05, 3.63) is 0 Å². The van der Waals surface area contributed by atoms with Crippen LogP contribution in [0.15, 0.2) is 9.98 Å². The van der Waals surface area contributed by atoms with Gasteiger partial charge in [0.25, 0.3) is 0 Å². The largest absolute Gasteiger partial charge is 0.480 e. The molecule has 1 aliphatic heterocycles. The van der Waals surface area contributed by atoms with Gasteiger partial charge in [0.2, 0.25) is 0 Å². The van der Waals surface area contributed by atoms with E-state index < -0.39 is 29.1 Å². The summed E-state index contributed by atoms with van der Waals surface area (Å²) in [6, 6.07) is -0.731. The van der Waals surface area contributed by atoms with Crippen LogP contribution in [-0.2, 0) is 14.3 Å². The highest BCUT2D eigenvalue weighted by atomic mass is 32.2. The van der Waals surface area contributed by atoms with Crippen LogP contribution in [0.5, 0.6) is 0 Å². The van der Waals surface area contributed by atoms with Gasteiger partial charge in [-0.2, -0.15) is 9.98 Å². The Balaban J connectivity index is 3.02. The first-order chi connectivity index (χ1) is 9.40. The first kappa shape index (κ1) is 16.4. The van der Waals surface area contributed by atoms with E-state index in [1.54, 1.807) is 13.8 Å². The second kappa shape index (κ2) is 7.18. The monoisotopic (exact) mass is 300 g/mol. The molecule has 0 aromatic rings. The summed E-state index contributed by atoms with van der Waals surface area (Å²) in [5.74, 6) is -2.49. The SMILES string of the molecule is CCOC(=O)C1C(C)=NC(=O)N=C1SC(CC)C(=O)O. The predicted molar refractivity (Wildman–Crippen MR) is 75.4 cm³/mol. The van der Waals surface area contributed by atoms with E-state index in [1.165, 1.54) is 6.92 Å². The number of esters is 1. The van der Waals surface area contributed by atoms with Crippen molar-refractivity contribution in [2.45, 2.75) is 32.4 Å². The predicted octanol–water partition coefficient (Wildman–Crippen LogP) is 1.76. The van der Waals surface area contributed by atoms with Gasteiger partial charge in [-0.25, -0.2) is 4.79 Å². The van der Waals surface area contributed by atoms with E-state index in [0.29, 0.717) is 6.42 Å². The number of thioether (sulfide) groups is 1. The fourth-order valence-electron chi connectivity index (χ4n) is 1.62. The van der Waals surface area contributed by atoms with Crippen molar-refractivity contribution in [1.29, 1.82) is 0 Å². The first-order valence-electron chi connectivity index (χ1n) is 6.14. The van der Waals surface area contributed by atoms with Gasteiger partial charge < -0.3 is 9.84 Å². The molecule has 110 valence electrons. The Morgan fingerprint density at radius 1 is 1.40 bits per heavy atom. The molecule has 2 unspecified atom stereocenters. The second-order valence-corrected chi connectivity index (χ2v) is 5.25. The summed E-state index contributed by atoms with van der Waals surface area (Å²) in [4.78, 5) is 41.6. The zero-order chi connectivity index (χ0) is 15.3. The van der Waals surface area contributed by atoms with Crippen molar-refractivity contribution in [1.82, 2.24) is 0 Å². The highest BCUT2D eigenvalue weighted by molar-refractivity contribution is 8.15. The average Bonchev–Trinajstić information content (AvgIpc) is 2.34. The van der Waals surface area contributed by atoms with Crippen molar-refractivity contribution in [3.63, 3.8) is 0 Å². The van der Waals surface area contributed by atoms with Gasteiger partial charge in [0.1, 0.15) is 11.2 Å². The van der Waals surface area contributed by atoms with Crippen LogP contribution in [0.4, 0.5) is 4.79 Å². The molecule has 0 aromatic heterocycles. The summed E-state index contributed by atoms with van der Waals surface area (Å²) in [7, 11) is 0. The molecule has 1 N–H and O–H groups in total. The topological polar surface area (TPSA) is 105 Å². The fraction of sp³-hybridized carbons (Fsp3) is 0.583. The van der Waals surface area contributed by atoms with E-state index in [1.807, 2.05) is 0 Å². The minimum atomic E-state index is -1.02. The molecule has 1 rings (SSSR count). The summed E-state index contributed by atoms with van der Waals surface area (Å²) >= 11 is 0.892. The molecule has 0 bridgehead atoms. The highest BCUT2D eigenvalue weighted by Gasteiger charge is 2.35. The molecule has 0 radical (unpaired) electrons. The van der Waals surface area contributed by atoms with Gasteiger partial charge in [0.15, 0.2) is 0 Å². The molecule has 0 aliphatic carbocycles. The number of ether oxygens (including phenoxy) is 1. The maximum absolute atomic E-state index is 11.9. The molecule has 2 atom stereocenters. The van der Waals surface area contributed by atoms with Gasteiger partial charge in [-0.05, 0) is 20.3 Å². The summed E-state index contributed by atoms with van der Waals surface area (Å²) in [5.41, 5.74) is 0.270. The van der Waals surface area contributed by atoms with Gasteiger partial charge in [-0.15, -0.1) is 0 Å². The molecule has 0 saturated carbocycles. The molecular weight excluding hydrogens is 284 g/mol. The standard InChI is InChI=1S/C12H16N2O5S/c1-4-7(10(15)16)20-9-8(11(17)19-5-2)6(3)13-12(18)14-9/h7-8H,4-5H2,1-3H3,(H,15,16). The van der Waals surface area contributed by atoms with Crippen LogP contribution in [-0.4, -0.2) is 45.7 Å². The number of carbonyl (C=O) groups excluding carboxylic acids is 2. The van der Waals surface area contributed by atoms with Gasteiger partial charge in [-0.3, -0.25) is 9.59 Å². The Morgan fingerprint density at radius 2 is 2.05 bits per heavy atom. The van der Waals surface area contributed by atoms with Crippen LogP contribution in [0.1, 0.15) is 27.2 Å². The van der Waals surface area contributed by atoms with Gasteiger partial charge in [0, 0.05) is 5.71 Å². The summed E-state index contributed by atoms with van der Waals surface area (Å²) in [6.45, 7) is 5.08. The molecule has 1 aliphatic rings. The number of carbonyl (C=O) groups is 3. The molecule has 2 amide bonds. The second-order valence-electron chi connectivity index (χ2n) is 4.02. The van der Waals surface area contributed by atoms with E-state index in [-0.39, 0.29) is 17.4 Å². The van der Waals surface area contributed by atoms with E-state index in [4.69, 9.17) is 9.84 Å². The zero-order valence-corrected chi connectivity index (χ0v) is 12.3. The Bertz CT molecular complexity index is 486. The van der Waals surface area contributed by atoms with Crippen molar-refractivity contribution in [3.8, 4) is 0 Å². The number of carboxylic acid groups (broad SMARTS) is 1. The number of aliphatic imine (C=N–C) groups is 2. The zero-order valence-electron chi connectivity index (χ0n) is 11.5. The molecular formula is C12H16N2O5S. The quantitative estimate of drug-likeness (QED) is 0.775. The number of hydrogen-bond donors (Lipinski definition) is 1. The van der Waals surface area contributed by atoms with E-state index in [0.717, 1.165) is 11.8 Å². The van der Waals surface area contributed by atoms with E-state index in [9.17, 15) is 14.4 Å². The smallest absolute Gasteiger partial charge is 0.367 e. The number of urea groups is 1. The average molecular weight is 300 g/mol. The molecule has 0 aromatic carbocycles. The first-order valence-corrected chi connectivity index (χ1v) is 7.02. The lowest BCUT2D eigenvalue weighted by Gasteiger charge is -2.21. The third kappa shape index (κ3) is 3.89. The Hall–Kier alpha value is -1.70. The van der Waals surface area contributed by atoms with Crippen molar-refractivity contribution in [2.24, 2.45) is 15.9 Å². The van der Waals surface area contributed by atoms with E-state index in [2.05, 4.69) is 9.98 Å².